The molecule has 2 nitrogen and oxygen atoms in total. The Bertz CT molecular complexity index is 505. The summed E-state index contributed by atoms with van der Waals surface area (Å²) in [6, 6.07) is 19.1. The monoisotopic (exact) mass is 282 g/mol. The highest BCUT2D eigenvalue weighted by atomic mass is 14.9. The first-order valence-corrected chi connectivity index (χ1v) is 7.93. The molecule has 0 aliphatic carbocycles. The summed E-state index contributed by atoms with van der Waals surface area (Å²) in [7, 11) is 0. The Morgan fingerprint density at radius 1 is 0.952 bits per heavy atom. The molecule has 2 aromatic rings. The second-order valence-electron chi connectivity index (χ2n) is 5.56. The summed E-state index contributed by atoms with van der Waals surface area (Å²) in [6.07, 6.45) is 4.80. The molecule has 0 bridgehead atoms. The predicted octanol–water partition coefficient (Wildman–Crippen LogP) is 4.88. The zero-order valence-electron chi connectivity index (χ0n) is 12.9. The van der Waals surface area contributed by atoms with Gasteiger partial charge in [-0.25, -0.2) is 0 Å². The minimum atomic E-state index is 0.166. The van der Waals surface area contributed by atoms with Gasteiger partial charge in [0.15, 0.2) is 0 Å². The van der Waals surface area contributed by atoms with Crippen LogP contribution in [0.1, 0.15) is 49.8 Å². The molecule has 0 aliphatic heterocycles. The first-order valence-electron chi connectivity index (χ1n) is 7.93. The second kappa shape index (κ2) is 8.48. The topological polar surface area (TPSA) is 38.0 Å². The van der Waals surface area contributed by atoms with Crippen molar-refractivity contribution in [2.24, 2.45) is 5.73 Å². The highest BCUT2D eigenvalue weighted by molar-refractivity contribution is 5.45. The van der Waals surface area contributed by atoms with E-state index in [0.29, 0.717) is 0 Å². The van der Waals surface area contributed by atoms with Gasteiger partial charge in [-0.05, 0) is 29.7 Å². The minimum absolute atomic E-state index is 0.166. The molecule has 0 unspecified atom stereocenters. The average Bonchev–Trinajstić information content (AvgIpc) is 2.54. The van der Waals surface area contributed by atoms with Crippen LogP contribution in [-0.4, -0.2) is 0 Å². The van der Waals surface area contributed by atoms with Crippen LogP contribution in [-0.2, 0) is 6.54 Å². The van der Waals surface area contributed by atoms with Crippen molar-refractivity contribution in [2.45, 2.75) is 45.2 Å². The fourth-order valence-electron chi connectivity index (χ4n) is 2.43. The van der Waals surface area contributed by atoms with E-state index in [-0.39, 0.29) is 6.04 Å². The van der Waals surface area contributed by atoms with E-state index in [4.69, 9.17) is 5.73 Å². The maximum absolute atomic E-state index is 6.23. The molecule has 0 spiro atoms. The van der Waals surface area contributed by atoms with Gasteiger partial charge in [-0.1, -0.05) is 68.7 Å². The van der Waals surface area contributed by atoms with E-state index in [2.05, 4.69) is 60.8 Å². The third-order valence-electron chi connectivity index (χ3n) is 3.80. The fraction of sp³-hybridized carbons (Fsp3) is 0.368. The number of nitrogens with one attached hydrogen (secondary N) is 1. The SMILES string of the molecule is CCCCC[C@H](N)c1ccc(NCc2ccccc2)cc1. The van der Waals surface area contributed by atoms with Gasteiger partial charge in [-0.3, -0.25) is 0 Å². The number of nitrogens with two attached hydrogens (primary N) is 1. The van der Waals surface area contributed by atoms with Gasteiger partial charge < -0.3 is 11.1 Å². The molecule has 21 heavy (non-hydrogen) atoms. The van der Waals surface area contributed by atoms with Gasteiger partial charge in [0, 0.05) is 18.3 Å². The molecule has 0 heterocycles. The number of hydrogen-bond acceptors (Lipinski definition) is 2. The largest absolute Gasteiger partial charge is 0.381 e. The first kappa shape index (κ1) is 15.6. The van der Waals surface area contributed by atoms with E-state index in [0.717, 1.165) is 18.7 Å². The van der Waals surface area contributed by atoms with Gasteiger partial charge in [-0.15, -0.1) is 0 Å². The van der Waals surface area contributed by atoms with Crippen molar-refractivity contribution in [3.63, 3.8) is 0 Å². The highest BCUT2D eigenvalue weighted by Gasteiger charge is 2.05. The van der Waals surface area contributed by atoms with Crippen LogP contribution in [0.2, 0.25) is 0 Å². The summed E-state index contributed by atoms with van der Waals surface area (Å²) in [5.74, 6) is 0. The molecule has 2 aromatic carbocycles. The van der Waals surface area contributed by atoms with Crippen molar-refractivity contribution in [1.82, 2.24) is 0 Å². The molecular formula is C19H26N2. The van der Waals surface area contributed by atoms with E-state index in [1.165, 1.54) is 30.4 Å². The average molecular weight is 282 g/mol. The molecular weight excluding hydrogens is 256 g/mol. The van der Waals surface area contributed by atoms with E-state index in [1.54, 1.807) is 0 Å². The molecule has 0 amide bonds. The van der Waals surface area contributed by atoms with Gasteiger partial charge in [0.25, 0.3) is 0 Å². The molecule has 0 radical (unpaired) electrons. The standard InChI is InChI=1S/C19H26N2/c1-2-3-5-10-19(20)17-11-13-18(14-12-17)21-15-16-8-6-4-7-9-16/h4,6-9,11-14,19,21H,2-3,5,10,15,20H2,1H3/t19-/m0/s1. The van der Waals surface area contributed by atoms with Crippen LogP contribution in [0.5, 0.6) is 0 Å². The summed E-state index contributed by atoms with van der Waals surface area (Å²) >= 11 is 0. The van der Waals surface area contributed by atoms with Crippen LogP contribution in [0.25, 0.3) is 0 Å². The number of benzene rings is 2. The summed E-state index contributed by atoms with van der Waals surface area (Å²) < 4.78 is 0. The molecule has 2 heteroatoms. The molecule has 0 fully saturated rings. The zero-order chi connectivity index (χ0) is 14.9. The summed E-state index contributed by atoms with van der Waals surface area (Å²) in [4.78, 5) is 0. The highest BCUT2D eigenvalue weighted by Crippen LogP contribution is 2.19. The normalized spacial score (nSPS) is 12.1. The fourth-order valence-corrected chi connectivity index (χ4v) is 2.43. The van der Waals surface area contributed by atoms with Crippen LogP contribution in [0.15, 0.2) is 54.6 Å². The third kappa shape index (κ3) is 5.24. The smallest absolute Gasteiger partial charge is 0.0400 e. The summed E-state index contributed by atoms with van der Waals surface area (Å²) in [5.41, 5.74) is 9.89. The third-order valence-corrected chi connectivity index (χ3v) is 3.80. The Morgan fingerprint density at radius 3 is 2.33 bits per heavy atom. The lowest BCUT2D eigenvalue weighted by Gasteiger charge is -2.13. The lowest BCUT2D eigenvalue weighted by atomic mass is 10.0. The predicted molar refractivity (Wildman–Crippen MR) is 91.3 cm³/mol. The quantitative estimate of drug-likeness (QED) is 0.677. The Kier molecular flexibility index (Phi) is 6.29. The van der Waals surface area contributed by atoms with Gasteiger partial charge in [0.05, 0.1) is 0 Å². The van der Waals surface area contributed by atoms with Gasteiger partial charge in [0.2, 0.25) is 0 Å². The molecule has 2 rings (SSSR count). The van der Waals surface area contributed by atoms with Crippen LogP contribution >= 0.6 is 0 Å². The van der Waals surface area contributed by atoms with Crippen molar-refractivity contribution in [3.8, 4) is 0 Å². The first-order chi connectivity index (χ1) is 10.3. The van der Waals surface area contributed by atoms with Crippen molar-refractivity contribution in [2.75, 3.05) is 5.32 Å². The lowest BCUT2D eigenvalue weighted by Crippen LogP contribution is -2.10. The van der Waals surface area contributed by atoms with Crippen molar-refractivity contribution < 1.29 is 0 Å². The Labute approximate surface area is 128 Å². The Morgan fingerprint density at radius 2 is 1.67 bits per heavy atom. The van der Waals surface area contributed by atoms with Gasteiger partial charge >= 0.3 is 0 Å². The van der Waals surface area contributed by atoms with E-state index >= 15 is 0 Å². The molecule has 0 aliphatic rings. The molecule has 3 N–H and O–H groups in total. The molecule has 0 aromatic heterocycles. The second-order valence-corrected chi connectivity index (χ2v) is 5.56. The number of unbranched alkanes of at least 4 members (excludes halogenated alkanes) is 2. The van der Waals surface area contributed by atoms with Crippen LogP contribution < -0.4 is 11.1 Å². The summed E-state index contributed by atoms with van der Waals surface area (Å²) in [5, 5.41) is 3.44. The molecule has 112 valence electrons. The lowest BCUT2D eigenvalue weighted by molar-refractivity contribution is 0.581. The maximum atomic E-state index is 6.23. The zero-order valence-corrected chi connectivity index (χ0v) is 12.9. The van der Waals surface area contributed by atoms with Gasteiger partial charge in [-0.2, -0.15) is 0 Å². The minimum Gasteiger partial charge on any atom is -0.381 e. The number of rotatable bonds is 8. The van der Waals surface area contributed by atoms with E-state index < -0.39 is 0 Å². The number of hydrogen-bond donors (Lipinski definition) is 2. The van der Waals surface area contributed by atoms with Gasteiger partial charge in [0.1, 0.15) is 0 Å². The maximum Gasteiger partial charge on any atom is 0.0400 e. The molecule has 0 saturated heterocycles. The van der Waals surface area contributed by atoms with Crippen LogP contribution in [0.4, 0.5) is 5.69 Å². The van der Waals surface area contributed by atoms with Crippen LogP contribution in [0.3, 0.4) is 0 Å². The molecule has 1 atom stereocenters. The Hall–Kier alpha value is -1.80. The van der Waals surface area contributed by atoms with Crippen LogP contribution in [0, 0.1) is 0 Å². The van der Waals surface area contributed by atoms with E-state index in [9.17, 15) is 0 Å². The van der Waals surface area contributed by atoms with E-state index in [1.807, 2.05) is 6.07 Å². The number of anilines is 1. The van der Waals surface area contributed by atoms with Crippen molar-refractivity contribution >= 4 is 5.69 Å². The van der Waals surface area contributed by atoms with Crippen molar-refractivity contribution in [3.05, 3.63) is 65.7 Å². The molecule has 0 saturated carbocycles. The van der Waals surface area contributed by atoms with Crippen molar-refractivity contribution in [1.29, 1.82) is 0 Å². The Balaban J connectivity index is 1.84. The summed E-state index contributed by atoms with van der Waals surface area (Å²) in [6.45, 7) is 3.07.